The van der Waals surface area contributed by atoms with Gasteiger partial charge in [-0.25, -0.2) is 8.42 Å². The second-order valence-electron chi connectivity index (χ2n) is 7.59. The van der Waals surface area contributed by atoms with Gasteiger partial charge < -0.3 is 14.7 Å². The second-order valence-corrected chi connectivity index (χ2v) is 9.53. The van der Waals surface area contributed by atoms with Gasteiger partial charge in [-0.15, -0.1) is 0 Å². The first-order chi connectivity index (χ1) is 13.2. The molecule has 0 radical (unpaired) electrons. The van der Waals surface area contributed by atoms with Gasteiger partial charge in [0.15, 0.2) is 0 Å². The molecule has 2 aliphatic rings. The molecule has 2 aliphatic heterocycles. The number of benzene rings is 1. The summed E-state index contributed by atoms with van der Waals surface area (Å²) in [4.78, 5) is 29.4. The number of hydrogen-bond donors (Lipinski definition) is 0. The molecule has 9 heteroatoms. The van der Waals surface area contributed by atoms with E-state index < -0.39 is 10.0 Å². The second kappa shape index (κ2) is 8.18. The van der Waals surface area contributed by atoms with Crippen LogP contribution in [0.15, 0.2) is 23.1 Å². The summed E-state index contributed by atoms with van der Waals surface area (Å²) in [5.41, 5.74) is 1.69. The lowest BCUT2D eigenvalue weighted by atomic mass is 10.0. The number of fused-ring (bicyclic) bond motifs is 1. The third kappa shape index (κ3) is 4.21. The highest BCUT2D eigenvalue weighted by Gasteiger charge is 2.31. The van der Waals surface area contributed by atoms with Crippen molar-refractivity contribution in [3.05, 3.63) is 23.8 Å². The Kier molecular flexibility index (Phi) is 6.07. The molecule has 3 rings (SSSR count). The lowest BCUT2D eigenvalue weighted by molar-refractivity contribution is -0.133. The highest BCUT2D eigenvalue weighted by atomic mass is 32.2. The van der Waals surface area contributed by atoms with Crippen LogP contribution in [0.3, 0.4) is 0 Å². The van der Waals surface area contributed by atoms with Gasteiger partial charge in [0.1, 0.15) is 0 Å². The van der Waals surface area contributed by atoms with Gasteiger partial charge in [-0.05, 0) is 50.7 Å². The van der Waals surface area contributed by atoms with Crippen molar-refractivity contribution in [2.75, 3.05) is 58.3 Å². The van der Waals surface area contributed by atoms with Crippen molar-refractivity contribution in [2.24, 2.45) is 0 Å². The predicted molar refractivity (Wildman–Crippen MR) is 107 cm³/mol. The van der Waals surface area contributed by atoms with E-state index in [2.05, 4.69) is 0 Å². The standard InChI is InChI=1S/C19H28N4O4S/c1-15(24)23-8-4-5-16-13-17(6-7-18(16)23)28(26,27)22-11-9-21(10-12-22)19(25)14-20(2)3/h6-7,13H,4-5,8-12,14H2,1-3H3. The van der Waals surface area contributed by atoms with Crippen molar-refractivity contribution >= 4 is 27.5 Å². The Labute approximate surface area is 166 Å². The number of anilines is 1. The highest BCUT2D eigenvalue weighted by Crippen LogP contribution is 2.30. The first-order valence-electron chi connectivity index (χ1n) is 9.54. The van der Waals surface area contributed by atoms with Crippen LogP contribution in [-0.2, 0) is 26.0 Å². The maximum Gasteiger partial charge on any atom is 0.243 e. The number of aryl methyl sites for hydroxylation is 1. The first kappa shape index (κ1) is 20.8. The summed E-state index contributed by atoms with van der Waals surface area (Å²) in [7, 11) is 0.0466. The van der Waals surface area contributed by atoms with E-state index in [1.807, 2.05) is 19.0 Å². The zero-order chi connectivity index (χ0) is 20.5. The Morgan fingerprint density at radius 1 is 1.07 bits per heavy atom. The Balaban J connectivity index is 1.74. The third-order valence-electron chi connectivity index (χ3n) is 5.23. The minimum atomic E-state index is -3.62. The number of carbonyl (C=O) groups excluding carboxylic acids is 2. The number of piperazine rings is 1. The van der Waals surface area contributed by atoms with Gasteiger partial charge in [0.2, 0.25) is 21.8 Å². The summed E-state index contributed by atoms with van der Waals surface area (Å²) in [5.74, 6) is -0.0183. The predicted octanol–water partition coefficient (Wildman–Crippen LogP) is 0.380. The van der Waals surface area contributed by atoms with Crippen LogP contribution in [0.25, 0.3) is 0 Å². The molecular formula is C19H28N4O4S. The van der Waals surface area contributed by atoms with Gasteiger partial charge in [0.25, 0.3) is 0 Å². The van der Waals surface area contributed by atoms with Gasteiger partial charge in [-0.1, -0.05) is 0 Å². The summed E-state index contributed by atoms with van der Waals surface area (Å²) in [6, 6.07) is 5.02. The molecule has 1 saturated heterocycles. The van der Waals surface area contributed by atoms with Crippen molar-refractivity contribution < 1.29 is 18.0 Å². The average Bonchev–Trinajstić information content (AvgIpc) is 2.66. The van der Waals surface area contributed by atoms with Crippen LogP contribution in [0.4, 0.5) is 5.69 Å². The molecule has 0 bridgehead atoms. The van der Waals surface area contributed by atoms with E-state index >= 15 is 0 Å². The Morgan fingerprint density at radius 2 is 1.75 bits per heavy atom. The van der Waals surface area contributed by atoms with Crippen LogP contribution in [0, 0.1) is 0 Å². The molecular weight excluding hydrogens is 380 g/mol. The topological polar surface area (TPSA) is 81.2 Å². The van der Waals surface area contributed by atoms with Crippen molar-refractivity contribution in [3.8, 4) is 0 Å². The zero-order valence-corrected chi connectivity index (χ0v) is 17.5. The molecule has 1 aromatic rings. The van der Waals surface area contributed by atoms with Crippen LogP contribution < -0.4 is 4.90 Å². The van der Waals surface area contributed by atoms with Crippen LogP contribution in [-0.4, -0.2) is 87.7 Å². The fraction of sp³-hybridized carbons (Fsp3) is 0.579. The number of likely N-dealkylation sites (N-methyl/N-ethyl adjacent to an activating group) is 1. The van der Waals surface area contributed by atoms with Crippen LogP contribution in [0.5, 0.6) is 0 Å². The van der Waals surface area contributed by atoms with Crippen LogP contribution in [0.1, 0.15) is 18.9 Å². The average molecular weight is 409 g/mol. The van der Waals surface area contributed by atoms with Crippen molar-refractivity contribution in [1.29, 1.82) is 0 Å². The van der Waals surface area contributed by atoms with E-state index in [1.54, 1.807) is 28.0 Å². The number of carbonyl (C=O) groups is 2. The van der Waals surface area contributed by atoms with E-state index in [4.69, 9.17) is 0 Å². The lowest BCUT2D eigenvalue weighted by Crippen LogP contribution is -2.52. The number of nitrogens with zero attached hydrogens (tertiary/aromatic N) is 4. The number of hydrogen-bond acceptors (Lipinski definition) is 5. The van der Waals surface area contributed by atoms with Gasteiger partial charge in [0, 0.05) is 45.3 Å². The molecule has 0 atom stereocenters. The molecule has 0 aliphatic carbocycles. The molecule has 28 heavy (non-hydrogen) atoms. The highest BCUT2D eigenvalue weighted by molar-refractivity contribution is 7.89. The molecule has 0 aromatic heterocycles. The number of rotatable bonds is 4. The molecule has 8 nitrogen and oxygen atoms in total. The molecule has 0 unspecified atom stereocenters. The molecule has 0 N–H and O–H groups in total. The first-order valence-corrected chi connectivity index (χ1v) is 11.0. The summed E-state index contributed by atoms with van der Waals surface area (Å²) in [6.07, 6.45) is 1.58. The molecule has 0 saturated carbocycles. The maximum absolute atomic E-state index is 13.1. The lowest BCUT2D eigenvalue weighted by Gasteiger charge is -2.35. The minimum Gasteiger partial charge on any atom is -0.339 e. The summed E-state index contributed by atoms with van der Waals surface area (Å²) in [6.45, 7) is 3.89. The smallest absolute Gasteiger partial charge is 0.243 e. The fourth-order valence-electron chi connectivity index (χ4n) is 3.76. The number of sulfonamides is 1. The van der Waals surface area contributed by atoms with Gasteiger partial charge in [0.05, 0.1) is 11.4 Å². The third-order valence-corrected chi connectivity index (χ3v) is 7.12. The van der Waals surface area contributed by atoms with E-state index in [1.165, 1.54) is 11.2 Å². The fourth-order valence-corrected chi connectivity index (χ4v) is 5.23. The SMILES string of the molecule is CC(=O)N1CCCc2cc(S(=O)(=O)N3CCN(C(=O)CN(C)C)CC3)ccc21. The van der Waals surface area contributed by atoms with Gasteiger partial charge in [-0.2, -0.15) is 4.31 Å². The Morgan fingerprint density at radius 3 is 2.36 bits per heavy atom. The van der Waals surface area contributed by atoms with Crippen molar-refractivity contribution in [2.45, 2.75) is 24.7 Å². The van der Waals surface area contributed by atoms with E-state index in [9.17, 15) is 18.0 Å². The molecule has 2 amide bonds. The van der Waals surface area contributed by atoms with Gasteiger partial charge in [-0.3, -0.25) is 9.59 Å². The zero-order valence-electron chi connectivity index (χ0n) is 16.7. The van der Waals surface area contributed by atoms with Crippen LogP contribution >= 0.6 is 0 Å². The minimum absolute atomic E-state index is 0.0140. The summed E-state index contributed by atoms with van der Waals surface area (Å²) in [5, 5.41) is 0. The summed E-state index contributed by atoms with van der Waals surface area (Å²) < 4.78 is 27.6. The molecule has 154 valence electrons. The van der Waals surface area contributed by atoms with Crippen LogP contribution in [0.2, 0.25) is 0 Å². The van der Waals surface area contributed by atoms with E-state index in [0.717, 1.165) is 24.1 Å². The molecule has 0 spiro atoms. The van der Waals surface area contributed by atoms with E-state index in [0.29, 0.717) is 26.2 Å². The Bertz CT molecular complexity index is 861. The maximum atomic E-state index is 13.1. The monoisotopic (exact) mass is 408 g/mol. The number of amides is 2. The van der Waals surface area contributed by atoms with E-state index in [-0.39, 0.29) is 29.8 Å². The molecule has 1 fully saturated rings. The van der Waals surface area contributed by atoms with Crippen molar-refractivity contribution in [3.63, 3.8) is 0 Å². The molecule has 2 heterocycles. The quantitative estimate of drug-likeness (QED) is 0.720. The Hall–Kier alpha value is -1.97. The normalized spacial score (nSPS) is 18.3. The van der Waals surface area contributed by atoms with Crippen molar-refractivity contribution in [1.82, 2.24) is 14.1 Å². The largest absolute Gasteiger partial charge is 0.339 e. The summed E-state index contributed by atoms with van der Waals surface area (Å²) >= 11 is 0. The molecule has 1 aromatic carbocycles. The van der Waals surface area contributed by atoms with Gasteiger partial charge >= 0.3 is 0 Å².